The van der Waals surface area contributed by atoms with E-state index in [1.54, 1.807) is 0 Å². The smallest absolute Gasteiger partial charge is 0.382 e. The summed E-state index contributed by atoms with van der Waals surface area (Å²) < 4.78 is 38.9. The van der Waals surface area contributed by atoms with Gasteiger partial charge in [0, 0.05) is 34.5 Å². The van der Waals surface area contributed by atoms with Gasteiger partial charge in [0.1, 0.15) is 11.7 Å². The van der Waals surface area contributed by atoms with Gasteiger partial charge < -0.3 is 10.4 Å². The topological polar surface area (TPSA) is 136 Å². The van der Waals surface area contributed by atoms with Crippen LogP contribution in [0.4, 0.5) is 30.2 Å². The van der Waals surface area contributed by atoms with E-state index in [0.29, 0.717) is 17.0 Å². The maximum Gasteiger partial charge on any atom is 0.423 e. The van der Waals surface area contributed by atoms with Crippen molar-refractivity contribution in [2.75, 3.05) is 11.1 Å². The summed E-state index contributed by atoms with van der Waals surface area (Å²) in [6, 6.07) is 7.25. The number of carbonyl (C=O) groups excluding carboxylic acids is 1. The lowest BCUT2D eigenvalue weighted by Gasteiger charge is -2.13. The van der Waals surface area contributed by atoms with Gasteiger partial charge in [0.2, 0.25) is 0 Å². The molecule has 2 N–H and O–H groups in total. The average Bonchev–Trinajstić information content (AvgIpc) is 2.65. The number of hydrogen-bond acceptors (Lipinski definition) is 7. The standard InChI is InChI=1S/C16H12F3N3O6S/c17-16(18,19)12-7-9(1-6-13(12)22(27)28)20-15(24)14(23)8-29-11-4-2-10(3-5-11)21(25)26/h1-7,14,23H,8H2,(H,20,24)/t14-/m0/s1. The molecule has 0 spiro atoms. The molecule has 0 aliphatic carbocycles. The van der Waals surface area contributed by atoms with Crippen molar-refractivity contribution in [2.45, 2.75) is 17.2 Å². The van der Waals surface area contributed by atoms with E-state index in [2.05, 4.69) is 5.32 Å². The van der Waals surface area contributed by atoms with E-state index in [-0.39, 0.29) is 17.1 Å². The maximum atomic E-state index is 13.0. The van der Waals surface area contributed by atoms with Crippen molar-refractivity contribution < 1.29 is 32.9 Å². The molecule has 0 aliphatic heterocycles. The molecule has 0 radical (unpaired) electrons. The Morgan fingerprint density at radius 2 is 1.72 bits per heavy atom. The van der Waals surface area contributed by atoms with Crippen LogP contribution in [0.3, 0.4) is 0 Å². The zero-order valence-electron chi connectivity index (χ0n) is 14.3. The summed E-state index contributed by atoms with van der Waals surface area (Å²) in [5.74, 6) is -1.19. The normalized spacial score (nSPS) is 12.3. The molecular weight excluding hydrogens is 419 g/mol. The molecule has 1 atom stereocenters. The molecule has 2 aromatic carbocycles. The number of nitro benzene ring substituents is 2. The highest BCUT2D eigenvalue weighted by Crippen LogP contribution is 2.37. The van der Waals surface area contributed by atoms with E-state index < -0.39 is 39.3 Å². The molecular formula is C16H12F3N3O6S. The molecule has 0 saturated heterocycles. The number of halogens is 3. The van der Waals surface area contributed by atoms with E-state index in [0.717, 1.165) is 17.8 Å². The Morgan fingerprint density at radius 1 is 1.10 bits per heavy atom. The monoisotopic (exact) mass is 431 g/mol. The van der Waals surface area contributed by atoms with Crippen molar-refractivity contribution in [1.29, 1.82) is 0 Å². The van der Waals surface area contributed by atoms with Crippen LogP contribution in [0.15, 0.2) is 47.4 Å². The SMILES string of the molecule is O=C(Nc1ccc([N+](=O)[O-])c(C(F)(F)F)c1)[C@@H](O)CSc1ccc([N+](=O)[O-])cc1. The molecule has 1 amide bonds. The number of benzene rings is 2. The number of aliphatic hydroxyl groups is 1. The van der Waals surface area contributed by atoms with Crippen molar-refractivity contribution in [2.24, 2.45) is 0 Å². The Morgan fingerprint density at radius 3 is 2.24 bits per heavy atom. The van der Waals surface area contributed by atoms with Gasteiger partial charge in [0.15, 0.2) is 0 Å². The van der Waals surface area contributed by atoms with Gasteiger partial charge >= 0.3 is 6.18 Å². The van der Waals surface area contributed by atoms with Crippen LogP contribution in [0, 0.1) is 20.2 Å². The first-order chi connectivity index (χ1) is 13.5. The second kappa shape index (κ2) is 8.87. The Kier molecular flexibility index (Phi) is 6.76. The van der Waals surface area contributed by atoms with E-state index in [9.17, 15) is 43.3 Å². The lowest BCUT2D eigenvalue weighted by Crippen LogP contribution is -2.29. The molecule has 154 valence electrons. The van der Waals surface area contributed by atoms with Gasteiger partial charge in [-0.15, -0.1) is 11.8 Å². The number of aliphatic hydroxyl groups excluding tert-OH is 1. The largest absolute Gasteiger partial charge is 0.423 e. The van der Waals surface area contributed by atoms with Gasteiger partial charge in [-0.1, -0.05) is 0 Å². The van der Waals surface area contributed by atoms with Crippen LogP contribution in [0.25, 0.3) is 0 Å². The minimum atomic E-state index is -5.01. The number of nitro groups is 2. The third-order valence-electron chi connectivity index (χ3n) is 3.52. The molecule has 9 nitrogen and oxygen atoms in total. The minimum Gasteiger partial charge on any atom is -0.382 e. The summed E-state index contributed by atoms with van der Waals surface area (Å²) in [6.07, 6.45) is -6.62. The Hall–Kier alpha value is -3.19. The number of anilines is 1. The summed E-state index contributed by atoms with van der Waals surface area (Å²) >= 11 is 0.999. The number of thioether (sulfide) groups is 1. The summed E-state index contributed by atoms with van der Waals surface area (Å²) in [4.78, 5) is 32.0. The van der Waals surface area contributed by atoms with Crippen molar-refractivity contribution in [3.63, 3.8) is 0 Å². The van der Waals surface area contributed by atoms with E-state index in [1.165, 1.54) is 24.3 Å². The number of nitrogens with zero attached hydrogens (tertiary/aromatic N) is 2. The molecule has 0 fully saturated rings. The molecule has 2 aromatic rings. The van der Waals surface area contributed by atoms with E-state index in [1.807, 2.05) is 0 Å². The zero-order valence-corrected chi connectivity index (χ0v) is 15.1. The second-order valence-corrected chi connectivity index (χ2v) is 6.65. The number of amides is 1. The summed E-state index contributed by atoms with van der Waals surface area (Å²) in [5.41, 5.74) is -3.20. The molecule has 0 saturated carbocycles. The van der Waals surface area contributed by atoms with Gasteiger partial charge in [-0.05, 0) is 24.3 Å². The number of carbonyl (C=O) groups is 1. The van der Waals surface area contributed by atoms with Gasteiger partial charge in [0.05, 0.1) is 9.85 Å². The number of non-ortho nitro benzene ring substituents is 1. The fourth-order valence-corrected chi connectivity index (χ4v) is 2.97. The lowest BCUT2D eigenvalue weighted by molar-refractivity contribution is -0.388. The lowest BCUT2D eigenvalue weighted by atomic mass is 10.1. The Balaban J connectivity index is 2.03. The van der Waals surface area contributed by atoms with Crippen LogP contribution >= 0.6 is 11.8 Å². The second-order valence-electron chi connectivity index (χ2n) is 5.55. The third-order valence-corrected chi connectivity index (χ3v) is 4.61. The Bertz CT molecular complexity index is 936. The number of alkyl halides is 3. The molecule has 0 aliphatic rings. The van der Waals surface area contributed by atoms with Crippen LogP contribution in [-0.2, 0) is 11.0 Å². The minimum absolute atomic E-state index is 0.133. The molecule has 13 heteroatoms. The zero-order chi connectivity index (χ0) is 21.8. The first kappa shape index (κ1) is 22.1. The van der Waals surface area contributed by atoms with Crippen LogP contribution in [0.5, 0.6) is 0 Å². The van der Waals surface area contributed by atoms with Crippen LogP contribution in [0.1, 0.15) is 5.56 Å². The van der Waals surface area contributed by atoms with E-state index >= 15 is 0 Å². The third kappa shape index (κ3) is 5.89. The predicted molar refractivity (Wildman–Crippen MR) is 96.6 cm³/mol. The summed E-state index contributed by atoms with van der Waals surface area (Å²) in [7, 11) is 0. The van der Waals surface area contributed by atoms with Crippen molar-refractivity contribution >= 4 is 34.7 Å². The van der Waals surface area contributed by atoms with Gasteiger partial charge in [-0.3, -0.25) is 25.0 Å². The van der Waals surface area contributed by atoms with Crippen molar-refractivity contribution in [3.8, 4) is 0 Å². The molecule has 0 aromatic heterocycles. The van der Waals surface area contributed by atoms with Crippen LogP contribution in [0.2, 0.25) is 0 Å². The Labute approximate surface area is 164 Å². The highest BCUT2D eigenvalue weighted by atomic mass is 32.2. The van der Waals surface area contributed by atoms with Crippen molar-refractivity contribution in [3.05, 3.63) is 68.3 Å². The van der Waals surface area contributed by atoms with E-state index in [4.69, 9.17) is 0 Å². The first-order valence-corrected chi connectivity index (χ1v) is 8.69. The molecule has 2 rings (SSSR count). The highest BCUT2D eigenvalue weighted by molar-refractivity contribution is 7.99. The highest BCUT2D eigenvalue weighted by Gasteiger charge is 2.38. The summed E-state index contributed by atoms with van der Waals surface area (Å²) in [6.45, 7) is 0. The van der Waals surface area contributed by atoms with Gasteiger partial charge in [-0.2, -0.15) is 13.2 Å². The van der Waals surface area contributed by atoms with Crippen LogP contribution in [-0.4, -0.2) is 32.7 Å². The number of hydrogen-bond donors (Lipinski definition) is 2. The first-order valence-electron chi connectivity index (χ1n) is 7.71. The average molecular weight is 431 g/mol. The quantitative estimate of drug-likeness (QED) is 0.388. The predicted octanol–water partition coefficient (Wildman–Crippen LogP) is 3.61. The van der Waals surface area contributed by atoms with Gasteiger partial charge in [0.25, 0.3) is 17.3 Å². The maximum absolute atomic E-state index is 13.0. The number of nitrogens with one attached hydrogen (secondary N) is 1. The molecule has 0 heterocycles. The number of rotatable bonds is 7. The molecule has 29 heavy (non-hydrogen) atoms. The molecule has 0 unspecified atom stereocenters. The van der Waals surface area contributed by atoms with Crippen molar-refractivity contribution in [1.82, 2.24) is 0 Å². The van der Waals surface area contributed by atoms with Gasteiger partial charge in [-0.25, -0.2) is 0 Å². The fraction of sp³-hybridized carbons (Fsp3) is 0.188. The van der Waals surface area contributed by atoms with Crippen LogP contribution < -0.4 is 5.32 Å². The fourth-order valence-electron chi connectivity index (χ4n) is 2.14. The summed E-state index contributed by atoms with van der Waals surface area (Å²) in [5, 5.41) is 33.3. The molecule has 0 bridgehead atoms.